The molecule has 2 heterocycles. The van der Waals surface area contributed by atoms with Crippen molar-refractivity contribution in [3.8, 4) is 0 Å². The molecule has 0 aliphatic rings. The first-order valence-corrected chi connectivity index (χ1v) is 11.0. The second-order valence-corrected chi connectivity index (χ2v) is 9.04. The molecule has 0 spiro atoms. The van der Waals surface area contributed by atoms with Gasteiger partial charge in [-0.05, 0) is 49.6 Å². The molecule has 0 aliphatic carbocycles. The summed E-state index contributed by atoms with van der Waals surface area (Å²) < 4.78 is 27.5. The van der Waals surface area contributed by atoms with E-state index < -0.39 is 10.0 Å². The smallest absolute Gasteiger partial charge is 0.259 e. The van der Waals surface area contributed by atoms with Crippen molar-refractivity contribution >= 4 is 32.8 Å². The fourth-order valence-electron chi connectivity index (χ4n) is 2.96. The summed E-state index contributed by atoms with van der Waals surface area (Å²) in [4.78, 5) is 4.07. The molecule has 6 nitrogen and oxygen atoms in total. The minimum Gasteiger partial charge on any atom is -0.259 e. The van der Waals surface area contributed by atoms with Crippen LogP contribution in [0.1, 0.15) is 22.3 Å². The predicted octanol–water partition coefficient (Wildman–Crippen LogP) is 3.09. The van der Waals surface area contributed by atoms with Crippen LogP contribution in [0.25, 0.3) is 11.0 Å². The number of thioether (sulfide) groups is 1. The third kappa shape index (κ3) is 4.08. The molecule has 0 aliphatic heterocycles. The predicted molar refractivity (Wildman–Crippen MR) is 106 cm³/mol. The van der Waals surface area contributed by atoms with Crippen LogP contribution in [-0.2, 0) is 15.8 Å². The summed E-state index contributed by atoms with van der Waals surface area (Å²) in [6, 6.07) is 7.75. The van der Waals surface area contributed by atoms with Crippen LogP contribution in [0.15, 0.2) is 35.5 Å². The van der Waals surface area contributed by atoms with Crippen LogP contribution in [0.4, 0.5) is 0 Å². The second-order valence-electron chi connectivity index (χ2n) is 6.26. The van der Waals surface area contributed by atoms with E-state index in [4.69, 9.17) is 0 Å². The van der Waals surface area contributed by atoms with Gasteiger partial charge in [-0.3, -0.25) is 5.10 Å². The maximum atomic E-state index is 12.5. The lowest BCUT2D eigenvalue weighted by molar-refractivity contribution is 0.581. The molecule has 0 saturated carbocycles. The number of aromatic amines is 1. The van der Waals surface area contributed by atoms with Crippen LogP contribution in [0.3, 0.4) is 0 Å². The second kappa shape index (κ2) is 7.77. The van der Waals surface area contributed by atoms with Gasteiger partial charge in [-0.15, -0.1) is 0 Å². The molecule has 0 amide bonds. The lowest BCUT2D eigenvalue weighted by Gasteiger charge is -2.11. The molecule has 26 heavy (non-hydrogen) atoms. The number of aromatic nitrogens is 3. The first kappa shape index (κ1) is 18.9. The number of pyridine rings is 1. The summed E-state index contributed by atoms with van der Waals surface area (Å²) >= 11 is 1.71. The van der Waals surface area contributed by atoms with Gasteiger partial charge in [-0.2, -0.15) is 16.9 Å². The zero-order chi connectivity index (χ0) is 18.7. The van der Waals surface area contributed by atoms with E-state index in [1.165, 1.54) is 22.3 Å². The van der Waals surface area contributed by atoms with E-state index in [1.54, 1.807) is 30.1 Å². The van der Waals surface area contributed by atoms with Crippen molar-refractivity contribution in [1.29, 1.82) is 0 Å². The van der Waals surface area contributed by atoms with Crippen LogP contribution < -0.4 is 4.72 Å². The molecule has 1 aromatic carbocycles. The number of hydrogen-bond donors (Lipinski definition) is 2. The monoisotopic (exact) mass is 390 g/mol. The van der Waals surface area contributed by atoms with E-state index in [-0.39, 0.29) is 5.03 Å². The highest BCUT2D eigenvalue weighted by Crippen LogP contribution is 2.22. The van der Waals surface area contributed by atoms with Crippen LogP contribution in [0.2, 0.25) is 0 Å². The van der Waals surface area contributed by atoms with Crippen molar-refractivity contribution in [3.05, 3.63) is 52.7 Å². The minimum atomic E-state index is -3.66. The van der Waals surface area contributed by atoms with Crippen molar-refractivity contribution in [2.45, 2.75) is 31.6 Å². The van der Waals surface area contributed by atoms with E-state index >= 15 is 0 Å². The maximum Gasteiger partial charge on any atom is 0.260 e. The molecule has 2 aromatic heterocycles. The normalized spacial score (nSPS) is 12.0. The van der Waals surface area contributed by atoms with E-state index in [0.717, 1.165) is 5.75 Å². The Balaban J connectivity index is 1.57. The average molecular weight is 391 g/mol. The van der Waals surface area contributed by atoms with Gasteiger partial charge in [0.25, 0.3) is 10.0 Å². The molecule has 3 rings (SSSR count). The minimum absolute atomic E-state index is 0.00387. The van der Waals surface area contributed by atoms with Crippen molar-refractivity contribution < 1.29 is 8.42 Å². The molecule has 0 atom stereocenters. The summed E-state index contributed by atoms with van der Waals surface area (Å²) in [5, 5.41) is 7.04. The van der Waals surface area contributed by atoms with Crippen LogP contribution in [-0.4, -0.2) is 35.9 Å². The number of sulfonamides is 1. The summed E-state index contributed by atoms with van der Waals surface area (Å²) in [7, 11) is -3.66. The Morgan fingerprint density at radius 1 is 1.19 bits per heavy atom. The van der Waals surface area contributed by atoms with Crippen LogP contribution >= 0.6 is 11.8 Å². The molecule has 138 valence electrons. The Bertz CT molecular complexity index is 1010. The highest BCUT2D eigenvalue weighted by molar-refractivity contribution is 7.98. The average Bonchev–Trinajstić information content (AvgIpc) is 3.01. The molecular formula is C18H22N4O2S2. The molecule has 3 aromatic rings. The van der Waals surface area contributed by atoms with E-state index in [1.807, 2.05) is 0 Å². The largest absolute Gasteiger partial charge is 0.260 e. The van der Waals surface area contributed by atoms with Gasteiger partial charge in [0.1, 0.15) is 0 Å². The van der Waals surface area contributed by atoms with Gasteiger partial charge in [-0.1, -0.05) is 17.7 Å². The molecule has 0 bridgehead atoms. The van der Waals surface area contributed by atoms with Crippen molar-refractivity contribution in [2.75, 3.05) is 12.3 Å². The number of rotatable bonds is 7. The fourth-order valence-corrected chi connectivity index (χ4v) is 5.27. The molecule has 8 heteroatoms. The summed E-state index contributed by atoms with van der Waals surface area (Å²) in [6.07, 6.45) is 1.59. The number of nitrogens with zero attached hydrogens (tertiary/aromatic N) is 2. The highest BCUT2D eigenvalue weighted by Gasteiger charge is 2.20. The van der Waals surface area contributed by atoms with Crippen molar-refractivity contribution in [2.24, 2.45) is 0 Å². The fraction of sp³-hybridized carbons (Fsp3) is 0.333. The van der Waals surface area contributed by atoms with E-state index in [0.29, 0.717) is 23.3 Å². The van der Waals surface area contributed by atoms with Crippen molar-refractivity contribution in [3.63, 3.8) is 0 Å². The maximum absolute atomic E-state index is 12.5. The number of H-pyrrole nitrogens is 1. The van der Waals surface area contributed by atoms with Gasteiger partial charge < -0.3 is 0 Å². The Hall–Kier alpha value is -1.90. The Labute approximate surface area is 157 Å². The molecular weight excluding hydrogens is 368 g/mol. The Kier molecular flexibility index (Phi) is 5.64. The number of benzene rings is 1. The third-order valence-electron chi connectivity index (χ3n) is 4.18. The molecule has 0 saturated heterocycles. The van der Waals surface area contributed by atoms with Crippen LogP contribution in [0, 0.1) is 20.8 Å². The first-order chi connectivity index (χ1) is 12.4. The molecule has 0 fully saturated rings. The third-order valence-corrected chi connectivity index (χ3v) is 6.57. The molecule has 2 N–H and O–H groups in total. The molecule has 0 radical (unpaired) electrons. The number of hydrogen-bond acceptors (Lipinski definition) is 5. The summed E-state index contributed by atoms with van der Waals surface area (Å²) in [5.74, 6) is 1.56. The topological polar surface area (TPSA) is 87.7 Å². The van der Waals surface area contributed by atoms with Gasteiger partial charge in [0.2, 0.25) is 5.03 Å². The van der Waals surface area contributed by atoms with Gasteiger partial charge in [0, 0.05) is 24.2 Å². The number of fused-ring (bicyclic) bond motifs is 1. The van der Waals surface area contributed by atoms with E-state index in [9.17, 15) is 8.42 Å². The SMILES string of the molecule is Cc1cc(C)c(CSCCNS(=O)(=O)c2n[nH]c3ncccc23)c(C)c1. The Morgan fingerprint density at radius 3 is 2.65 bits per heavy atom. The zero-order valence-electron chi connectivity index (χ0n) is 15.0. The number of nitrogens with one attached hydrogen (secondary N) is 2. The van der Waals surface area contributed by atoms with Gasteiger partial charge in [0.15, 0.2) is 5.65 Å². The van der Waals surface area contributed by atoms with Crippen LogP contribution in [0.5, 0.6) is 0 Å². The first-order valence-electron chi connectivity index (χ1n) is 8.32. The standard InChI is InChI=1S/C18H22N4O2S2/c1-12-9-13(2)16(14(3)10-12)11-25-8-7-20-26(23,24)18-15-5-4-6-19-17(15)21-22-18/h4-6,9-10,20H,7-8,11H2,1-3H3,(H,19,21,22). The number of aryl methyl sites for hydroxylation is 3. The lowest BCUT2D eigenvalue weighted by atomic mass is 10.0. The van der Waals surface area contributed by atoms with Gasteiger partial charge in [-0.25, -0.2) is 18.1 Å². The van der Waals surface area contributed by atoms with Gasteiger partial charge >= 0.3 is 0 Å². The lowest BCUT2D eigenvalue weighted by Crippen LogP contribution is -2.26. The quantitative estimate of drug-likeness (QED) is 0.605. The summed E-state index contributed by atoms with van der Waals surface area (Å²) in [5.41, 5.74) is 5.62. The molecule has 0 unspecified atom stereocenters. The summed E-state index contributed by atoms with van der Waals surface area (Å²) in [6.45, 7) is 6.69. The van der Waals surface area contributed by atoms with E-state index in [2.05, 4.69) is 52.8 Å². The Morgan fingerprint density at radius 2 is 1.92 bits per heavy atom. The van der Waals surface area contributed by atoms with Gasteiger partial charge in [0.05, 0.1) is 5.39 Å². The zero-order valence-corrected chi connectivity index (χ0v) is 16.7. The highest BCUT2D eigenvalue weighted by atomic mass is 32.2. The van der Waals surface area contributed by atoms with Crippen molar-refractivity contribution in [1.82, 2.24) is 19.9 Å².